The highest BCUT2D eigenvalue weighted by atomic mass is 16.4. The smallest absolute Gasteiger partial charge is 0.356 e. The van der Waals surface area contributed by atoms with E-state index in [-0.39, 0.29) is 11.4 Å². The van der Waals surface area contributed by atoms with Crippen LogP contribution in [0.25, 0.3) is 0 Å². The average molecular weight is 279 g/mol. The van der Waals surface area contributed by atoms with Crippen LogP contribution in [-0.4, -0.2) is 28.6 Å². The molecule has 1 rings (SSSR count). The fourth-order valence-electron chi connectivity index (χ4n) is 1.72. The van der Waals surface area contributed by atoms with Gasteiger partial charge in [-0.05, 0) is 24.5 Å². The van der Waals surface area contributed by atoms with E-state index in [1.54, 1.807) is 6.07 Å². The summed E-state index contributed by atoms with van der Waals surface area (Å²) in [7, 11) is 0. The molecule has 0 aromatic carbocycles. The van der Waals surface area contributed by atoms with Gasteiger partial charge in [0.25, 0.3) is 0 Å². The molecule has 0 bridgehead atoms. The first-order valence-corrected chi connectivity index (χ1v) is 6.74. The van der Waals surface area contributed by atoms with E-state index in [0.29, 0.717) is 12.5 Å². The second-order valence-corrected chi connectivity index (χ2v) is 4.98. The lowest BCUT2D eigenvalue weighted by molar-refractivity contribution is 0.0691. The Labute approximate surface area is 118 Å². The Morgan fingerprint density at radius 2 is 2.10 bits per heavy atom. The SMILES string of the molecule is CC(C)CCCCNC(=O)Nc1cccnc1C(=O)O. The molecule has 1 aromatic heterocycles. The number of carboxylic acids is 1. The van der Waals surface area contributed by atoms with Crippen molar-refractivity contribution in [3.63, 3.8) is 0 Å². The molecule has 1 heterocycles. The molecule has 0 fully saturated rings. The third kappa shape index (κ3) is 5.69. The maximum absolute atomic E-state index is 11.6. The average Bonchev–Trinajstić information content (AvgIpc) is 2.38. The van der Waals surface area contributed by atoms with Gasteiger partial charge in [0.15, 0.2) is 5.69 Å². The van der Waals surface area contributed by atoms with Gasteiger partial charge in [-0.1, -0.05) is 26.7 Å². The number of hydrogen-bond donors (Lipinski definition) is 3. The third-order valence-corrected chi connectivity index (χ3v) is 2.75. The number of amides is 2. The Kier molecular flexibility index (Phi) is 6.49. The molecule has 6 heteroatoms. The lowest BCUT2D eigenvalue weighted by Gasteiger charge is -2.09. The molecule has 20 heavy (non-hydrogen) atoms. The van der Waals surface area contributed by atoms with Crippen LogP contribution in [0.5, 0.6) is 0 Å². The molecule has 110 valence electrons. The Morgan fingerprint density at radius 1 is 1.35 bits per heavy atom. The summed E-state index contributed by atoms with van der Waals surface area (Å²) >= 11 is 0. The van der Waals surface area contributed by atoms with Crippen molar-refractivity contribution in [2.24, 2.45) is 5.92 Å². The number of pyridine rings is 1. The number of aromatic carboxylic acids is 1. The van der Waals surface area contributed by atoms with Gasteiger partial charge in [0.2, 0.25) is 0 Å². The van der Waals surface area contributed by atoms with Crippen molar-refractivity contribution in [1.82, 2.24) is 10.3 Å². The van der Waals surface area contributed by atoms with Gasteiger partial charge in [0.05, 0.1) is 5.69 Å². The zero-order chi connectivity index (χ0) is 15.0. The van der Waals surface area contributed by atoms with Crippen molar-refractivity contribution in [1.29, 1.82) is 0 Å². The Morgan fingerprint density at radius 3 is 2.75 bits per heavy atom. The van der Waals surface area contributed by atoms with E-state index in [4.69, 9.17) is 5.11 Å². The van der Waals surface area contributed by atoms with Gasteiger partial charge in [0.1, 0.15) is 0 Å². The molecular weight excluding hydrogens is 258 g/mol. The molecule has 6 nitrogen and oxygen atoms in total. The molecule has 0 spiro atoms. The molecule has 0 aliphatic carbocycles. The Hall–Kier alpha value is -2.11. The van der Waals surface area contributed by atoms with Crippen molar-refractivity contribution in [2.75, 3.05) is 11.9 Å². The van der Waals surface area contributed by atoms with E-state index in [1.165, 1.54) is 12.3 Å². The number of carboxylic acid groups (broad SMARTS) is 1. The van der Waals surface area contributed by atoms with Gasteiger partial charge < -0.3 is 15.7 Å². The number of nitrogens with one attached hydrogen (secondary N) is 2. The van der Waals surface area contributed by atoms with Gasteiger partial charge in [0, 0.05) is 12.7 Å². The van der Waals surface area contributed by atoms with Gasteiger partial charge >= 0.3 is 12.0 Å². The molecule has 0 radical (unpaired) electrons. The quantitative estimate of drug-likeness (QED) is 0.669. The highest BCUT2D eigenvalue weighted by molar-refractivity contribution is 5.98. The number of unbranched alkanes of at least 4 members (excludes halogenated alkanes) is 1. The van der Waals surface area contributed by atoms with Crippen LogP contribution >= 0.6 is 0 Å². The lowest BCUT2D eigenvalue weighted by Crippen LogP contribution is -2.30. The van der Waals surface area contributed by atoms with Crippen molar-refractivity contribution in [3.8, 4) is 0 Å². The van der Waals surface area contributed by atoms with Gasteiger partial charge in [-0.2, -0.15) is 0 Å². The molecule has 1 aromatic rings. The standard InChI is InChI=1S/C14H21N3O3/c1-10(2)6-3-4-8-16-14(20)17-11-7-5-9-15-12(11)13(18)19/h5,7,9-10H,3-4,6,8H2,1-2H3,(H,18,19)(H2,16,17,20). The highest BCUT2D eigenvalue weighted by Gasteiger charge is 2.12. The highest BCUT2D eigenvalue weighted by Crippen LogP contribution is 2.11. The van der Waals surface area contributed by atoms with Gasteiger partial charge in [-0.25, -0.2) is 14.6 Å². The molecule has 0 aliphatic heterocycles. The van der Waals surface area contributed by atoms with E-state index in [1.807, 2.05) is 0 Å². The van der Waals surface area contributed by atoms with E-state index in [0.717, 1.165) is 19.3 Å². The van der Waals surface area contributed by atoms with Gasteiger partial charge in [-0.15, -0.1) is 0 Å². The van der Waals surface area contributed by atoms with E-state index in [9.17, 15) is 9.59 Å². The fraction of sp³-hybridized carbons (Fsp3) is 0.500. The maximum atomic E-state index is 11.6. The first kappa shape index (κ1) is 15.9. The molecule has 0 aliphatic rings. The van der Waals surface area contributed by atoms with Crippen LogP contribution in [0.1, 0.15) is 43.6 Å². The van der Waals surface area contributed by atoms with E-state index >= 15 is 0 Å². The van der Waals surface area contributed by atoms with E-state index < -0.39 is 12.0 Å². The molecule has 0 saturated heterocycles. The van der Waals surface area contributed by atoms with Crippen molar-refractivity contribution >= 4 is 17.7 Å². The lowest BCUT2D eigenvalue weighted by atomic mass is 10.1. The third-order valence-electron chi connectivity index (χ3n) is 2.75. The first-order chi connectivity index (χ1) is 9.50. The number of carbonyl (C=O) groups excluding carboxylic acids is 1. The van der Waals surface area contributed by atoms with Crippen molar-refractivity contribution in [2.45, 2.75) is 33.1 Å². The van der Waals surface area contributed by atoms with E-state index in [2.05, 4.69) is 29.5 Å². The molecule has 3 N–H and O–H groups in total. The summed E-state index contributed by atoms with van der Waals surface area (Å²) in [5.74, 6) is -0.504. The number of nitrogens with zero attached hydrogens (tertiary/aromatic N) is 1. The number of rotatable bonds is 7. The van der Waals surface area contributed by atoms with Crippen LogP contribution in [0.15, 0.2) is 18.3 Å². The molecule has 0 saturated carbocycles. The Balaban J connectivity index is 2.37. The molecular formula is C14H21N3O3. The van der Waals surface area contributed by atoms with Crippen LogP contribution in [0.2, 0.25) is 0 Å². The minimum Gasteiger partial charge on any atom is -0.476 e. The summed E-state index contributed by atoms with van der Waals surface area (Å²) in [4.78, 5) is 26.3. The minimum absolute atomic E-state index is 0.164. The predicted molar refractivity (Wildman–Crippen MR) is 76.9 cm³/mol. The maximum Gasteiger partial charge on any atom is 0.356 e. The first-order valence-electron chi connectivity index (χ1n) is 6.74. The number of urea groups is 1. The van der Waals surface area contributed by atoms with Crippen LogP contribution in [0.3, 0.4) is 0 Å². The minimum atomic E-state index is -1.17. The second-order valence-electron chi connectivity index (χ2n) is 4.98. The zero-order valence-corrected chi connectivity index (χ0v) is 11.8. The Bertz CT molecular complexity index is 461. The number of carbonyl (C=O) groups is 2. The zero-order valence-electron chi connectivity index (χ0n) is 11.8. The second kappa shape index (κ2) is 8.14. The molecule has 0 atom stereocenters. The summed E-state index contributed by atoms with van der Waals surface area (Å²) in [5, 5.41) is 14.1. The summed E-state index contributed by atoms with van der Waals surface area (Å²) in [6.45, 7) is 4.90. The number of hydrogen-bond acceptors (Lipinski definition) is 3. The summed E-state index contributed by atoms with van der Waals surface area (Å²) in [5.41, 5.74) is 0.0298. The van der Waals surface area contributed by atoms with Crippen molar-refractivity contribution in [3.05, 3.63) is 24.0 Å². The number of anilines is 1. The summed E-state index contributed by atoms with van der Waals surface area (Å²) in [6.07, 6.45) is 4.48. The largest absolute Gasteiger partial charge is 0.476 e. The summed E-state index contributed by atoms with van der Waals surface area (Å²) < 4.78 is 0. The normalized spacial score (nSPS) is 10.3. The monoisotopic (exact) mass is 279 g/mol. The molecule has 2 amide bonds. The van der Waals surface area contributed by atoms with Gasteiger partial charge in [-0.3, -0.25) is 0 Å². The topological polar surface area (TPSA) is 91.3 Å². The van der Waals surface area contributed by atoms with Crippen molar-refractivity contribution < 1.29 is 14.7 Å². The molecule has 0 unspecified atom stereocenters. The van der Waals surface area contributed by atoms with Crippen LogP contribution < -0.4 is 10.6 Å². The number of aromatic nitrogens is 1. The van der Waals surface area contributed by atoms with Crippen LogP contribution in [-0.2, 0) is 0 Å². The van der Waals surface area contributed by atoms with Crippen LogP contribution in [0, 0.1) is 5.92 Å². The fourth-order valence-corrected chi connectivity index (χ4v) is 1.72. The predicted octanol–water partition coefficient (Wildman–Crippen LogP) is 2.73. The van der Waals surface area contributed by atoms with Crippen LogP contribution in [0.4, 0.5) is 10.5 Å². The summed E-state index contributed by atoms with van der Waals surface area (Å²) in [6, 6.07) is 2.67.